The third kappa shape index (κ3) is 2.69. The van der Waals surface area contributed by atoms with Gasteiger partial charge < -0.3 is 10.1 Å². The molecule has 1 heterocycles. The van der Waals surface area contributed by atoms with E-state index in [0.29, 0.717) is 12.0 Å². The highest BCUT2D eigenvalue weighted by Crippen LogP contribution is 2.09. The number of nitrogens with zero attached hydrogens (tertiary/aromatic N) is 1. The number of hydrogen-bond donors (Lipinski definition) is 1. The van der Waals surface area contributed by atoms with Crippen molar-refractivity contribution >= 4 is 22.2 Å². The van der Waals surface area contributed by atoms with E-state index in [1.165, 1.54) is 12.3 Å². The third-order valence-electron chi connectivity index (χ3n) is 1.93. The van der Waals surface area contributed by atoms with Crippen LogP contribution in [0.5, 0.6) is 0 Å². The van der Waals surface area contributed by atoms with Crippen LogP contribution in [0.3, 0.4) is 0 Å². The number of aromatic nitrogens is 1. The van der Waals surface area contributed by atoms with E-state index in [4.69, 9.17) is 0 Å². The maximum Gasteiger partial charge on any atom is 0.253 e. The number of rotatable bonds is 4. The van der Waals surface area contributed by atoms with Crippen molar-refractivity contribution in [2.45, 2.75) is 6.92 Å². The van der Waals surface area contributed by atoms with E-state index in [1.54, 1.807) is 6.92 Å². The second kappa shape index (κ2) is 4.48. The predicted octanol–water partition coefficient (Wildman–Crippen LogP) is -0.467. The molecule has 0 fully saturated rings. The molecule has 1 rings (SSSR count). The fraction of sp³-hybridized carbons (Fsp3) is 0.333. The van der Waals surface area contributed by atoms with Crippen LogP contribution in [-0.4, -0.2) is 37.4 Å². The van der Waals surface area contributed by atoms with Gasteiger partial charge in [-0.3, -0.25) is 4.79 Å². The molecule has 16 heavy (non-hydrogen) atoms. The van der Waals surface area contributed by atoms with Gasteiger partial charge in [-0.25, -0.2) is 12.4 Å². The van der Waals surface area contributed by atoms with Crippen LogP contribution >= 0.6 is 0 Å². The normalized spacial score (nSPS) is 11.1. The van der Waals surface area contributed by atoms with Gasteiger partial charge in [0.15, 0.2) is 0 Å². The molecule has 0 saturated heterocycles. The highest BCUT2D eigenvalue weighted by Gasteiger charge is 2.14. The van der Waals surface area contributed by atoms with Gasteiger partial charge in [0.2, 0.25) is 10.0 Å². The highest BCUT2D eigenvalue weighted by atomic mass is 32.2. The van der Waals surface area contributed by atoms with Gasteiger partial charge in [-0.1, -0.05) is 0 Å². The van der Waals surface area contributed by atoms with E-state index in [-0.39, 0.29) is 12.1 Å². The maximum absolute atomic E-state index is 11.4. The molecule has 0 saturated carbocycles. The first-order chi connectivity index (χ1) is 7.36. The minimum atomic E-state index is -3.40. The zero-order valence-corrected chi connectivity index (χ0v) is 9.74. The van der Waals surface area contributed by atoms with E-state index in [2.05, 4.69) is 5.32 Å². The van der Waals surface area contributed by atoms with Gasteiger partial charge >= 0.3 is 0 Å². The SMILES string of the molecule is Cc1cc(C(=O)NCC=O)cn1S(C)(=O)=O. The van der Waals surface area contributed by atoms with Crippen LogP contribution < -0.4 is 5.32 Å². The molecule has 0 spiro atoms. The molecule has 0 unspecified atom stereocenters. The average Bonchev–Trinajstić information content (AvgIpc) is 2.56. The van der Waals surface area contributed by atoms with Crippen molar-refractivity contribution < 1.29 is 18.0 Å². The summed E-state index contributed by atoms with van der Waals surface area (Å²) >= 11 is 0. The summed E-state index contributed by atoms with van der Waals surface area (Å²) in [7, 11) is -3.40. The van der Waals surface area contributed by atoms with Gasteiger partial charge in [0.25, 0.3) is 5.91 Å². The number of aryl methyl sites for hydroxylation is 1. The first-order valence-electron chi connectivity index (χ1n) is 4.47. The van der Waals surface area contributed by atoms with Gasteiger partial charge in [-0.15, -0.1) is 0 Å². The quantitative estimate of drug-likeness (QED) is 0.726. The Bertz CT molecular complexity index is 516. The van der Waals surface area contributed by atoms with E-state index in [1.807, 2.05) is 0 Å². The van der Waals surface area contributed by atoms with Gasteiger partial charge in [0.1, 0.15) is 6.29 Å². The zero-order chi connectivity index (χ0) is 12.3. The molecule has 0 bridgehead atoms. The first-order valence-corrected chi connectivity index (χ1v) is 6.32. The third-order valence-corrected chi connectivity index (χ3v) is 3.04. The average molecular weight is 244 g/mol. The molecule has 1 aromatic rings. The van der Waals surface area contributed by atoms with Gasteiger partial charge in [-0.05, 0) is 13.0 Å². The molecular formula is C9H12N2O4S. The van der Waals surface area contributed by atoms with Crippen LogP contribution in [0.4, 0.5) is 0 Å². The molecule has 1 aromatic heterocycles. The molecule has 0 atom stereocenters. The summed E-state index contributed by atoms with van der Waals surface area (Å²) in [6.45, 7) is 1.49. The summed E-state index contributed by atoms with van der Waals surface area (Å²) < 4.78 is 23.6. The predicted molar refractivity (Wildman–Crippen MR) is 57.8 cm³/mol. The second-order valence-corrected chi connectivity index (χ2v) is 5.17. The highest BCUT2D eigenvalue weighted by molar-refractivity contribution is 7.89. The number of carbonyl (C=O) groups is 2. The molecule has 1 amide bonds. The van der Waals surface area contributed by atoms with Crippen molar-refractivity contribution in [1.29, 1.82) is 0 Å². The fourth-order valence-corrected chi connectivity index (χ4v) is 2.15. The first kappa shape index (κ1) is 12.4. The maximum atomic E-state index is 11.4. The van der Waals surface area contributed by atoms with Crippen LogP contribution in [0.2, 0.25) is 0 Å². The van der Waals surface area contributed by atoms with Crippen molar-refractivity contribution in [3.63, 3.8) is 0 Å². The van der Waals surface area contributed by atoms with Crippen LogP contribution in [-0.2, 0) is 14.8 Å². The van der Waals surface area contributed by atoms with E-state index in [9.17, 15) is 18.0 Å². The number of aldehydes is 1. The fourth-order valence-electron chi connectivity index (χ4n) is 1.27. The number of amides is 1. The minimum absolute atomic E-state index is 0.0953. The Morgan fingerprint density at radius 1 is 1.56 bits per heavy atom. The lowest BCUT2D eigenvalue weighted by Gasteiger charge is -2.00. The molecule has 88 valence electrons. The molecule has 0 aliphatic rings. The smallest absolute Gasteiger partial charge is 0.253 e. The van der Waals surface area contributed by atoms with Crippen molar-refractivity contribution in [2.24, 2.45) is 0 Å². The van der Waals surface area contributed by atoms with Crippen molar-refractivity contribution in [1.82, 2.24) is 9.29 Å². The van der Waals surface area contributed by atoms with E-state index < -0.39 is 15.9 Å². The van der Waals surface area contributed by atoms with Crippen LogP contribution in [0.1, 0.15) is 16.1 Å². The molecule has 0 aromatic carbocycles. The molecule has 0 aliphatic carbocycles. The van der Waals surface area contributed by atoms with Crippen LogP contribution in [0.15, 0.2) is 12.3 Å². The second-order valence-electron chi connectivity index (χ2n) is 3.31. The van der Waals surface area contributed by atoms with Crippen molar-refractivity contribution in [3.05, 3.63) is 23.5 Å². The number of carbonyl (C=O) groups excluding carboxylic acids is 2. The Morgan fingerprint density at radius 2 is 2.19 bits per heavy atom. The van der Waals surface area contributed by atoms with Crippen LogP contribution in [0, 0.1) is 6.92 Å². The topological polar surface area (TPSA) is 85.2 Å². The van der Waals surface area contributed by atoms with Gasteiger partial charge in [0, 0.05) is 11.9 Å². The van der Waals surface area contributed by atoms with E-state index in [0.717, 1.165) is 10.2 Å². The molecule has 6 nitrogen and oxygen atoms in total. The number of nitrogens with one attached hydrogen (secondary N) is 1. The standard InChI is InChI=1S/C9H12N2O4S/c1-7-5-8(9(13)10-3-4-12)6-11(7)16(2,14)15/h4-6H,3H2,1-2H3,(H,10,13). The molecular weight excluding hydrogens is 232 g/mol. The molecule has 1 N–H and O–H groups in total. The molecule has 7 heteroatoms. The lowest BCUT2D eigenvalue weighted by atomic mass is 10.3. The lowest BCUT2D eigenvalue weighted by molar-refractivity contribution is -0.107. The molecule has 0 radical (unpaired) electrons. The summed E-state index contributed by atoms with van der Waals surface area (Å²) in [4.78, 5) is 21.5. The Balaban J connectivity index is 3.02. The summed E-state index contributed by atoms with van der Waals surface area (Å²) in [5.41, 5.74) is 0.656. The summed E-state index contributed by atoms with van der Waals surface area (Å²) in [5, 5.41) is 2.33. The zero-order valence-electron chi connectivity index (χ0n) is 8.93. The monoisotopic (exact) mass is 244 g/mol. The Morgan fingerprint density at radius 3 is 2.62 bits per heavy atom. The molecule has 0 aliphatic heterocycles. The van der Waals surface area contributed by atoms with Gasteiger partial charge in [0.05, 0.1) is 18.4 Å². The Hall–Kier alpha value is -1.63. The summed E-state index contributed by atoms with van der Waals surface area (Å²) in [6.07, 6.45) is 2.83. The Kier molecular flexibility index (Phi) is 3.48. The van der Waals surface area contributed by atoms with Crippen molar-refractivity contribution in [3.8, 4) is 0 Å². The van der Waals surface area contributed by atoms with Crippen LogP contribution in [0.25, 0.3) is 0 Å². The minimum Gasteiger partial charge on any atom is -0.345 e. The largest absolute Gasteiger partial charge is 0.345 e. The summed E-state index contributed by atoms with van der Waals surface area (Å²) in [5.74, 6) is -0.474. The Labute approximate surface area is 93.3 Å². The number of hydrogen-bond acceptors (Lipinski definition) is 4. The lowest BCUT2D eigenvalue weighted by Crippen LogP contribution is -2.24. The summed E-state index contributed by atoms with van der Waals surface area (Å²) in [6, 6.07) is 1.45. The van der Waals surface area contributed by atoms with Gasteiger partial charge in [-0.2, -0.15) is 0 Å². The van der Waals surface area contributed by atoms with E-state index >= 15 is 0 Å². The van der Waals surface area contributed by atoms with Crippen molar-refractivity contribution in [2.75, 3.05) is 12.8 Å².